The Kier molecular flexibility index (Phi) is 2.06. The van der Waals surface area contributed by atoms with Crippen molar-refractivity contribution in [1.82, 2.24) is 5.32 Å². The van der Waals surface area contributed by atoms with Crippen molar-refractivity contribution in [3.63, 3.8) is 0 Å². The molecule has 1 aliphatic rings. The summed E-state index contributed by atoms with van der Waals surface area (Å²) in [5.74, 6) is -0.287. The van der Waals surface area contributed by atoms with E-state index in [4.69, 9.17) is 5.73 Å². The minimum atomic E-state index is -0.287. The molecule has 1 amide bonds. The van der Waals surface area contributed by atoms with Crippen molar-refractivity contribution in [1.29, 1.82) is 0 Å². The van der Waals surface area contributed by atoms with Crippen molar-refractivity contribution in [2.75, 3.05) is 13.1 Å². The highest BCUT2D eigenvalue weighted by molar-refractivity contribution is 5.93. The van der Waals surface area contributed by atoms with Crippen LogP contribution in [0.3, 0.4) is 0 Å². The van der Waals surface area contributed by atoms with Crippen molar-refractivity contribution >= 4 is 5.91 Å². The molecular formula is C7H12N2O. The van der Waals surface area contributed by atoms with Gasteiger partial charge in [-0.05, 0) is 19.9 Å². The van der Waals surface area contributed by atoms with E-state index in [0.717, 1.165) is 24.1 Å². The lowest BCUT2D eigenvalue weighted by atomic mass is 10.0. The second-order valence-corrected chi connectivity index (χ2v) is 2.55. The van der Waals surface area contributed by atoms with Crippen LogP contribution in [0.1, 0.15) is 13.3 Å². The Hall–Kier alpha value is -0.830. The molecule has 3 heteroatoms. The first-order valence-corrected chi connectivity index (χ1v) is 3.41. The summed E-state index contributed by atoms with van der Waals surface area (Å²) in [4.78, 5) is 10.7. The van der Waals surface area contributed by atoms with Crippen LogP contribution < -0.4 is 11.1 Å². The van der Waals surface area contributed by atoms with E-state index >= 15 is 0 Å². The van der Waals surface area contributed by atoms with Crippen LogP contribution in [0.5, 0.6) is 0 Å². The van der Waals surface area contributed by atoms with Gasteiger partial charge in [0.25, 0.3) is 0 Å². The fraction of sp³-hybridized carbons (Fsp3) is 0.571. The molecule has 1 aliphatic heterocycles. The van der Waals surface area contributed by atoms with Crippen molar-refractivity contribution < 1.29 is 4.79 Å². The molecule has 0 fully saturated rings. The maximum Gasteiger partial charge on any atom is 0.245 e. The molecule has 0 atom stereocenters. The summed E-state index contributed by atoms with van der Waals surface area (Å²) in [6, 6.07) is 0. The molecule has 0 unspecified atom stereocenters. The predicted octanol–water partition coefficient (Wildman–Crippen LogP) is -0.218. The molecule has 1 rings (SSSR count). The van der Waals surface area contributed by atoms with Gasteiger partial charge in [0.2, 0.25) is 5.91 Å². The number of primary amides is 1. The predicted molar refractivity (Wildman–Crippen MR) is 39.4 cm³/mol. The zero-order valence-corrected chi connectivity index (χ0v) is 6.11. The number of amides is 1. The monoisotopic (exact) mass is 140 g/mol. The van der Waals surface area contributed by atoms with E-state index in [1.165, 1.54) is 0 Å². The summed E-state index contributed by atoms with van der Waals surface area (Å²) < 4.78 is 0. The highest BCUT2D eigenvalue weighted by Gasteiger charge is 2.12. The van der Waals surface area contributed by atoms with Gasteiger partial charge in [0.05, 0.1) is 0 Å². The van der Waals surface area contributed by atoms with Crippen LogP contribution in [0.2, 0.25) is 0 Å². The molecule has 0 aromatic rings. The molecule has 3 N–H and O–H groups in total. The minimum Gasteiger partial charge on any atom is -0.366 e. The normalized spacial score (nSPS) is 19.3. The van der Waals surface area contributed by atoms with Gasteiger partial charge in [-0.1, -0.05) is 5.57 Å². The Morgan fingerprint density at radius 2 is 2.40 bits per heavy atom. The lowest BCUT2D eigenvalue weighted by molar-refractivity contribution is -0.114. The van der Waals surface area contributed by atoms with E-state index in [2.05, 4.69) is 5.32 Å². The van der Waals surface area contributed by atoms with Gasteiger partial charge in [0.15, 0.2) is 0 Å². The number of nitrogens with one attached hydrogen (secondary N) is 1. The summed E-state index contributed by atoms with van der Waals surface area (Å²) >= 11 is 0. The Bertz CT molecular complexity index is 184. The number of carbonyl (C=O) groups is 1. The smallest absolute Gasteiger partial charge is 0.245 e. The van der Waals surface area contributed by atoms with Gasteiger partial charge >= 0.3 is 0 Å². The summed E-state index contributed by atoms with van der Waals surface area (Å²) in [6.45, 7) is 3.56. The van der Waals surface area contributed by atoms with Gasteiger partial charge in [-0.2, -0.15) is 0 Å². The van der Waals surface area contributed by atoms with Crippen LogP contribution in [0.4, 0.5) is 0 Å². The van der Waals surface area contributed by atoms with Gasteiger partial charge in [0, 0.05) is 12.1 Å². The van der Waals surface area contributed by atoms with Crippen LogP contribution in [-0.4, -0.2) is 19.0 Å². The van der Waals surface area contributed by atoms with E-state index in [0.29, 0.717) is 6.54 Å². The van der Waals surface area contributed by atoms with Crippen LogP contribution in [-0.2, 0) is 4.79 Å². The fourth-order valence-corrected chi connectivity index (χ4v) is 1.09. The van der Waals surface area contributed by atoms with Crippen LogP contribution in [0.25, 0.3) is 0 Å². The maximum absolute atomic E-state index is 10.7. The molecule has 0 saturated heterocycles. The third kappa shape index (κ3) is 1.36. The Balaban J connectivity index is 2.78. The van der Waals surface area contributed by atoms with Gasteiger partial charge in [-0.25, -0.2) is 0 Å². The highest BCUT2D eigenvalue weighted by atomic mass is 16.1. The molecule has 1 heterocycles. The first-order chi connectivity index (χ1) is 4.72. The topological polar surface area (TPSA) is 55.1 Å². The second-order valence-electron chi connectivity index (χ2n) is 2.55. The SMILES string of the molecule is CC1=C(C(N)=O)CNCC1. The molecular weight excluding hydrogens is 128 g/mol. The molecule has 0 aliphatic carbocycles. The standard InChI is InChI=1S/C7H12N2O/c1-5-2-3-9-4-6(5)7(8)10/h9H,2-4H2,1H3,(H2,8,10). The second kappa shape index (κ2) is 2.84. The minimum absolute atomic E-state index is 0.287. The number of hydrogen-bond donors (Lipinski definition) is 2. The summed E-state index contributed by atoms with van der Waals surface area (Å²) in [5, 5.41) is 3.09. The van der Waals surface area contributed by atoms with E-state index in [1.54, 1.807) is 0 Å². The van der Waals surface area contributed by atoms with Crippen LogP contribution >= 0.6 is 0 Å². The molecule has 0 spiro atoms. The maximum atomic E-state index is 10.7. The Morgan fingerprint density at radius 3 is 2.80 bits per heavy atom. The first-order valence-electron chi connectivity index (χ1n) is 3.41. The molecule has 0 radical (unpaired) electrons. The quantitative estimate of drug-likeness (QED) is 0.529. The van der Waals surface area contributed by atoms with Gasteiger partial charge in [0.1, 0.15) is 0 Å². The summed E-state index contributed by atoms with van der Waals surface area (Å²) in [6.07, 6.45) is 0.943. The molecule has 0 bridgehead atoms. The average molecular weight is 140 g/mol. The first kappa shape index (κ1) is 7.28. The molecule has 10 heavy (non-hydrogen) atoms. The Morgan fingerprint density at radius 1 is 1.70 bits per heavy atom. The molecule has 0 aromatic carbocycles. The molecule has 0 saturated carbocycles. The zero-order chi connectivity index (χ0) is 7.56. The molecule has 3 nitrogen and oxygen atoms in total. The van der Waals surface area contributed by atoms with Crippen LogP contribution in [0.15, 0.2) is 11.1 Å². The lowest BCUT2D eigenvalue weighted by Gasteiger charge is -2.15. The Labute approximate surface area is 60.3 Å². The van der Waals surface area contributed by atoms with Gasteiger partial charge < -0.3 is 11.1 Å². The largest absolute Gasteiger partial charge is 0.366 e. The van der Waals surface area contributed by atoms with Crippen LogP contribution in [0, 0.1) is 0 Å². The van der Waals surface area contributed by atoms with Crippen molar-refractivity contribution in [2.24, 2.45) is 5.73 Å². The van der Waals surface area contributed by atoms with E-state index in [9.17, 15) is 4.79 Å². The number of carbonyl (C=O) groups excluding carboxylic acids is 1. The zero-order valence-electron chi connectivity index (χ0n) is 6.11. The van der Waals surface area contributed by atoms with E-state index in [1.807, 2.05) is 6.92 Å². The number of hydrogen-bond acceptors (Lipinski definition) is 2. The fourth-order valence-electron chi connectivity index (χ4n) is 1.09. The number of nitrogens with two attached hydrogens (primary N) is 1. The molecule has 56 valence electrons. The van der Waals surface area contributed by atoms with E-state index < -0.39 is 0 Å². The van der Waals surface area contributed by atoms with Gasteiger partial charge in [-0.3, -0.25) is 4.79 Å². The van der Waals surface area contributed by atoms with E-state index in [-0.39, 0.29) is 5.91 Å². The third-order valence-electron chi connectivity index (χ3n) is 1.79. The molecule has 0 aromatic heterocycles. The van der Waals surface area contributed by atoms with Crippen molar-refractivity contribution in [3.8, 4) is 0 Å². The van der Waals surface area contributed by atoms with Crippen molar-refractivity contribution in [2.45, 2.75) is 13.3 Å². The average Bonchev–Trinajstić information content (AvgIpc) is 1.88. The lowest BCUT2D eigenvalue weighted by Crippen LogP contribution is -2.31. The van der Waals surface area contributed by atoms with Crippen molar-refractivity contribution in [3.05, 3.63) is 11.1 Å². The summed E-state index contributed by atoms with van der Waals surface area (Å²) in [5.41, 5.74) is 7.01. The summed E-state index contributed by atoms with van der Waals surface area (Å²) in [7, 11) is 0. The third-order valence-corrected chi connectivity index (χ3v) is 1.79. The number of rotatable bonds is 1. The highest BCUT2D eigenvalue weighted by Crippen LogP contribution is 2.10. The van der Waals surface area contributed by atoms with Gasteiger partial charge in [-0.15, -0.1) is 0 Å².